The molecule has 0 bridgehead atoms. The summed E-state index contributed by atoms with van der Waals surface area (Å²) in [6, 6.07) is 0. The fraction of sp³-hybridized carbons (Fsp3) is 0.727. The van der Waals surface area contributed by atoms with E-state index in [0.29, 0.717) is 13.2 Å². The van der Waals surface area contributed by atoms with Crippen LogP contribution in [0.2, 0.25) is 0 Å². The summed E-state index contributed by atoms with van der Waals surface area (Å²) in [6.07, 6.45) is 0.988. The maximum atomic E-state index is 5.40. The molecular formula is C11H19IN2O2. The van der Waals surface area contributed by atoms with Crippen LogP contribution in [0.5, 0.6) is 0 Å². The molecule has 4 nitrogen and oxygen atoms in total. The molecule has 0 amide bonds. The fourth-order valence-electron chi connectivity index (χ4n) is 1.45. The largest absolute Gasteiger partial charge is 0.382 e. The molecule has 1 heterocycles. The van der Waals surface area contributed by atoms with Crippen LogP contribution in [0.1, 0.15) is 17.8 Å². The Hall–Kier alpha value is -0.140. The van der Waals surface area contributed by atoms with Gasteiger partial charge in [0.2, 0.25) is 0 Å². The molecule has 0 spiro atoms. The molecule has 0 aliphatic rings. The molecule has 0 N–H and O–H groups in total. The van der Waals surface area contributed by atoms with Gasteiger partial charge in [0.05, 0.1) is 22.5 Å². The summed E-state index contributed by atoms with van der Waals surface area (Å²) in [5.74, 6) is 0. The molecule has 92 valence electrons. The molecule has 0 atom stereocenters. The molecule has 0 aromatic carbocycles. The average Bonchev–Trinajstić information content (AvgIpc) is 2.51. The van der Waals surface area contributed by atoms with Gasteiger partial charge in [-0.05, 0) is 42.9 Å². The van der Waals surface area contributed by atoms with Crippen molar-refractivity contribution in [1.82, 2.24) is 9.78 Å². The van der Waals surface area contributed by atoms with Gasteiger partial charge in [0.1, 0.15) is 0 Å². The summed E-state index contributed by atoms with van der Waals surface area (Å²) in [5, 5.41) is 4.47. The van der Waals surface area contributed by atoms with Gasteiger partial charge >= 0.3 is 0 Å². The molecule has 0 fully saturated rings. The number of methoxy groups -OCH3 is 1. The Morgan fingerprint density at radius 1 is 1.25 bits per heavy atom. The number of aryl methyl sites for hydroxylation is 2. The Kier molecular flexibility index (Phi) is 6.30. The smallest absolute Gasteiger partial charge is 0.0729 e. The minimum atomic E-state index is 0.664. The highest BCUT2D eigenvalue weighted by Crippen LogP contribution is 2.15. The maximum Gasteiger partial charge on any atom is 0.0729 e. The molecule has 1 rings (SSSR count). The Balaban J connectivity index is 2.24. The molecule has 5 heteroatoms. The summed E-state index contributed by atoms with van der Waals surface area (Å²) >= 11 is 2.34. The highest BCUT2D eigenvalue weighted by atomic mass is 127. The van der Waals surface area contributed by atoms with Crippen molar-refractivity contribution in [2.75, 3.05) is 26.9 Å². The molecular weight excluding hydrogens is 319 g/mol. The molecule has 16 heavy (non-hydrogen) atoms. The highest BCUT2D eigenvalue weighted by molar-refractivity contribution is 14.1. The van der Waals surface area contributed by atoms with Gasteiger partial charge in [-0.1, -0.05) is 0 Å². The fourth-order valence-corrected chi connectivity index (χ4v) is 1.84. The van der Waals surface area contributed by atoms with Crippen molar-refractivity contribution >= 4 is 22.6 Å². The number of aromatic nitrogens is 2. The van der Waals surface area contributed by atoms with Crippen molar-refractivity contribution in [1.29, 1.82) is 0 Å². The minimum absolute atomic E-state index is 0.664. The molecule has 0 unspecified atom stereocenters. The summed E-state index contributed by atoms with van der Waals surface area (Å²) < 4.78 is 13.6. The quantitative estimate of drug-likeness (QED) is 0.565. The highest BCUT2D eigenvalue weighted by Gasteiger charge is 2.07. The topological polar surface area (TPSA) is 36.3 Å². The lowest BCUT2D eigenvalue weighted by atomic mass is 10.4. The van der Waals surface area contributed by atoms with Crippen LogP contribution in [0.25, 0.3) is 0 Å². The monoisotopic (exact) mass is 338 g/mol. The maximum absolute atomic E-state index is 5.40. The van der Waals surface area contributed by atoms with Gasteiger partial charge in [0.15, 0.2) is 0 Å². The van der Waals surface area contributed by atoms with Crippen LogP contribution in [0.15, 0.2) is 0 Å². The van der Waals surface area contributed by atoms with E-state index in [1.165, 1.54) is 9.26 Å². The molecule has 0 aliphatic heterocycles. The first kappa shape index (κ1) is 13.9. The number of hydrogen-bond donors (Lipinski definition) is 0. The van der Waals surface area contributed by atoms with Crippen LogP contribution in [0.4, 0.5) is 0 Å². The van der Waals surface area contributed by atoms with Gasteiger partial charge in [0.25, 0.3) is 0 Å². The van der Waals surface area contributed by atoms with E-state index in [2.05, 4.69) is 39.3 Å². The Morgan fingerprint density at radius 3 is 2.56 bits per heavy atom. The van der Waals surface area contributed by atoms with Crippen LogP contribution < -0.4 is 0 Å². The standard InChI is InChI=1S/C11H19IN2O2/c1-9-11(12)10(2)14(13-9)5-4-6-16-8-7-15-3/h4-8H2,1-3H3. The van der Waals surface area contributed by atoms with Crippen molar-refractivity contribution < 1.29 is 9.47 Å². The van der Waals surface area contributed by atoms with E-state index in [0.717, 1.165) is 25.3 Å². The second kappa shape index (κ2) is 7.24. The van der Waals surface area contributed by atoms with E-state index < -0.39 is 0 Å². The van der Waals surface area contributed by atoms with Crippen molar-refractivity contribution in [3.8, 4) is 0 Å². The molecule has 0 saturated heterocycles. The van der Waals surface area contributed by atoms with E-state index >= 15 is 0 Å². The van der Waals surface area contributed by atoms with Gasteiger partial charge in [0, 0.05) is 26.0 Å². The zero-order valence-corrected chi connectivity index (χ0v) is 12.3. The van der Waals surface area contributed by atoms with Gasteiger partial charge in [-0.3, -0.25) is 4.68 Å². The van der Waals surface area contributed by atoms with Gasteiger partial charge in [-0.15, -0.1) is 0 Å². The van der Waals surface area contributed by atoms with Crippen molar-refractivity contribution in [2.24, 2.45) is 0 Å². The molecule has 1 aromatic heterocycles. The van der Waals surface area contributed by atoms with Crippen LogP contribution in [0, 0.1) is 17.4 Å². The van der Waals surface area contributed by atoms with E-state index in [1.807, 2.05) is 6.92 Å². The van der Waals surface area contributed by atoms with E-state index in [4.69, 9.17) is 9.47 Å². The predicted octanol–water partition coefficient (Wildman–Crippen LogP) is 2.16. The first-order valence-corrected chi connectivity index (χ1v) is 6.51. The van der Waals surface area contributed by atoms with Crippen molar-refractivity contribution in [3.05, 3.63) is 15.0 Å². The molecule has 0 saturated carbocycles. The summed E-state index contributed by atoms with van der Waals surface area (Å²) in [5.41, 5.74) is 2.35. The van der Waals surface area contributed by atoms with Crippen LogP contribution in [-0.2, 0) is 16.0 Å². The number of halogens is 1. The van der Waals surface area contributed by atoms with Crippen molar-refractivity contribution in [3.63, 3.8) is 0 Å². The lowest BCUT2D eigenvalue weighted by Crippen LogP contribution is -2.08. The Morgan fingerprint density at radius 2 is 2.00 bits per heavy atom. The summed E-state index contributed by atoms with van der Waals surface area (Å²) in [7, 11) is 1.68. The van der Waals surface area contributed by atoms with Crippen LogP contribution in [0.3, 0.4) is 0 Å². The predicted molar refractivity (Wildman–Crippen MR) is 71.7 cm³/mol. The van der Waals surface area contributed by atoms with E-state index in [-0.39, 0.29) is 0 Å². The number of rotatable bonds is 7. The molecule has 0 aliphatic carbocycles. The normalized spacial score (nSPS) is 11.0. The van der Waals surface area contributed by atoms with Crippen LogP contribution >= 0.6 is 22.6 Å². The Labute approximate surface area is 110 Å². The minimum Gasteiger partial charge on any atom is -0.382 e. The van der Waals surface area contributed by atoms with Crippen LogP contribution in [-0.4, -0.2) is 36.7 Å². The van der Waals surface area contributed by atoms with Crippen molar-refractivity contribution in [2.45, 2.75) is 26.8 Å². The first-order chi connectivity index (χ1) is 7.66. The molecule has 1 aromatic rings. The lowest BCUT2D eigenvalue weighted by Gasteiger charge is -2.05. The Bertz CT molecular complexity index is 326. The van der Waals surface area contributed by atoms with E-state index in [9.17, 15) is 0 Å². The third-order valence-electron chi connectivity index (χ3n) is 2.38. The SMILES string of the molecule is COCCOCCCn1nc(C)c(I)c1C. The van der Waals surface area contributed by atoms with Gasteiger partial charge in [-0.2, -0.15) is 5.10 Å². The third-order valence-corrected chi connectivity index (χ3v) is 3.94. The second-order valence-corrected chi connectivity index (χ2v) is 4.75. The summed E-state index contributed by atoms with van der Waals surface area (Å²) in [6.45, 7) is 7.16. The number of nitrogens with zero attached hydrogens (tertiary/aromatic N) is 2. The molecule has 0 radical (unpaired) electrons. The second-order valence-electron chi connectivity index (χ2n) is 3.67. The zero-order valence-electron chi connectivity index (χ0n) is 10.1. The van der Waals surface area contributed by atoms with Gasteiger partial charge in [-0.25, -0.2) is 0 Å². The third kappa shape index (κ3) is 4.03. The lowest BCUT2D eigenvalue weighted by molar-refractivity contribution is 0.0676. The van der Waals surface area contributed by atoms with Gasteiger partial charge < -0.3 is 9.47 Å². The number of hydrogen-bond acceptors (Lipinski definition) is 3. The zero-order chi connectivity index (χ0) is 12.0. The first-order valence-electron chi connectivity index (χ1n) is 5.43. The summed E-state index contributed by atoms with van der Waals surface area (Å²) in [4.78, 5) is 0. The number of ether oxygens (including phenoxy) is 2. The average molecular weight is 338 g/mol. The van der Waals surface area contributed by atoms with E-state index in [1.54, 1.807) is 7.11 Å².